The quantitative estimate of drug-likeness (QED) is 0.155. The third kappa shape index (κ3) is 6.67. The molecule has 1 heterocycles. The summed E-state index contributed by atoms with van der Waals surface area (Å²) in [4.78, 5) is 10.4. The number of nitrogens with zero attached hydrogens (tertiary/aromatic N) is 2. The van der Waals surface area contributed by atoms with Gasteiger partial charge in [0.15, 0.2) is 5.82 Å². The van der Waals surface area contributed by atoms with Crippen LogP contribution < -0.4 is 0 Å². The molecule has 0 aliphatic heterocycles. The van der Waals surface area contributed by atoms with Crippen LogP contribution in [0.1, 0.15) is 0 Å². The van der Waals surface area contributed by atoms with Gasteiger partial charge in [-0.2, -0.15) is 0 Å². The fourth-order valence-electron chi connectivity index (χ4n) is 8.18. The van der Waals surface area contributed by atoms with Gasteiger partial charge in [0, 0.05) is 16.7 Å². The van der Waals surface area contributed by atoms with Gasteiger partial charge in [-0.25, -0.2) is 9.97 Å². The molecule has 0 fully saturated rings. The van der Waals surface area contributed by atoms with E-state index < -0.39 is 0 Å². The molecule has 10 rings (SSSR count). The maximum atomic E-state index is 5.26. The molecule has 0 aliphatic rings. The number of rotatable bonds is 8. The first kappa shape index (κ1) is 34.8. The summed E-state index contributed by atoms with van der Waals surface area (Å²) in [5.74, 6) is 0.688. The van der Waals surface area contributed by atoms with E-state index in [2.05, 4.69) is 224 Å². The van der Waals surface area contributed by atoms with Crippen LogP contribution in [0.15, 0.2) is 231 Å². The van der Waals surface area contributed by atoms with Crippen molar-refractivity contribution in [2.75, 3.05) is 0 Å². The minimum atomic E-state index is 0.688. The highest BCUT2D eigenvalue weighted by atomic mass is 14.9. The number of fused-ring (bicyclic) bond motifs is 1. The molecular formula is C56H38N2. The maximum absolute atomic E-state index is 5.26. The van der Waals surface area contributed by atoms with E-state index in [0.717, 1.165) is 44.8 Å². The van der Waals surface area contributed by atoms with Crippen LogP contribution in [0.2, 0.25) is 0 Å². The van der Waals surface area contributed by atoms with Crippen molar-refractivity contribution >= 4 is 10.8 Å². The summed E-state index contributed by atoms with van der Waals surface area (Å²) in [6.07, 6.45) is 0. The van der Waals surface area contributed by atoms with Gasteiger partial charge >= 0.3 is 0 Å². The molecule has 0 saturated carbocycles. The Kier molecular flexibility index (Phi) is 9.27. The molecule has 1 aromatic heterocycles. The van der Waals surface area contributed by atoms with Crippen LogP contribution in [0.3, 0.4) is 0 Å². The van der Waals surface area contributed by atoms with Crippen LogP contribution >= 0.6 is 0 Å². The third-order valence-electron chi connectivity index (χ3n) is 10.9. The second-order valence-electron chi connectivity index (χ2n) is 14.5. The molecule has 10 aromatic rings. The van der Waals surface area contributed by atoms with E-state index in [1.54, 1.807) is 0 Å². The Morgan fingerprint density at radius 1 is 0.241 bits per heavy atom. The predicted octanol–water partition coefficient (Wildman–Crippen LogP) is 15.0. The second-order valence-corrected chi connectivity index (χ2v) is 14.5. The minimum absolute atomic E-state index is 0.688. The topological polar surface area (TPSA) is 25.8 Å². The number of hydrogen-bond acceptors (Lipinski definition) is 2. The first-order valence-corrected chi connectivity index (χ1v) is 19.7. The van der Waals surface area contributed by atoms with E-state index in [9.17, 15) is 0 Å². The molecule has 2 heteroatoms. The van der Waals surface area contributed by atoms with Crippen molar-refractivity contribution in [2.45, 2.75) is 0 Å². The van der Waals surface area contributed by atoms with E-state index in [0.29, 0.717) is 5.82 Å². The standard InChI is InChI=1S/C56H38N2/c1-6-19-40(20-7-1)49-37-50(54(44-26-12-4-13-27-44)55(45-28-14-5-15-29-45)53(49)43-24-10-3-11-25-43)41-33-35-46(36-34-41)56-57-51(42-22-8-2-9-23-42)38-52(58-56)48-32-18-30-39-21-16-17-31-47(39)48/h1-38H. The number of hydrogen-bond donors (Lipinski definition) is 0. The van der Waals surface area contributed by atoms with Gasteiger partial charge in [-0.15, -0.1) is 0 Å². The summed E-state index contributed by atoms with van der Waals surface area (Å²) in [6, 6.07) is 81.9. The van der Waals surface area contributed by atoms with Crippen molar-refractivity contribution in [3.05, 3.63) is 231 Å². The fraction of sp³-hybridized carbons (Fsp3) is 0. The van der Waals surface area contributed by atoms with Gasteiger partial charge < -0.3 is 0 Å². The first-order chi connectivity index (χ1) is 28.8. The Morgan fingerprint density at radius 3 is 1.22 bits per heavy atom. The summed E-state index contributed by atoms with van der Waals surface area (Å²) in [6.45, 7) is 0. The molecule has 0 amide bonds. The van der Waals surface area contributed by atoms with Crippen LogP contribution in [0.25, 0.3) is 100 Å². The summed E-state index contributed by atoms with van der Waals surface area (Å²) >= 11 is 0. The third-order valence-corrected chi connectivity index (χ3v) is 10.9. The Bertz CT molecular complexity index is 2990. The summed E-state index contributed by atoms with van der Waals surface area (Å²) < 4.78 is 0. The molecule has 0 saturated heterocycles. The van der Waals surface area contributed by atoms with Gasteiger partial charge in [-0.05, 0) is 78.5 Å². The zero-order chi connectivity index (χ0) is 38.7. The van der Waals surface area contributed by atoms with Gasteiger partial charge in [-0.3, -0.25) is 0 Å². The summed E-state index contributed by atoms with van der Waals surface area (Å²) in [5.41, 5.74) is 16.6. The zero-order valence-corrected chi connectivity index (χ0v) is 31.8. The molecule has 272 valence electrons. The van der Waals surface area contributed by atoms with E-state index in [4.69, 9.17) is 9.97 Å². The lowest BCUT2D eigenvalue weighted by Crippen LogP contribution is -1.98. The molecular weight excluding hydrogens is 701 g/mol. The van der Waals surface area contributed by atoms with Crippen LogP contribution in [0, 0.1) is 0 Å². The van der Waals surface area contributed by atoms with Crippen LogP contribution in [-0.4, -0.2) is 9.97 Å². The van der Waals surface area contributed by atoms with Gasteiger partial charge in [0.2, 0.25) is 0 Å². The Labute approximate surface area is 339 Å². The summed E-state index contributed by atoms with van der Waals surface area (Å²) in [7, 11) is 0. The second kappa shape index (κ2) is 15.5. The lowest BCUT2D eigenvalue weighted by Gasteiger charge is -2.24. The highest BCUT2D eigenvalue weighted by Crippen LogP contribution is 2.50. The molecule has 0 aliphatic carbocycles. The van der Waals surface area contributed by atoms with Crippen LogP contribution in [0.4, 0.5) is 0 Å². The minimum Gasteiger partial charge on any atom is -0.228 e. The molecule has 0 unspecified atom stereocenters. The van der Waals surface area contributed by atoms with E-state index >= 15 is 0 Å². The highest BCUT2D eigenvalue weighted by Gasteiger charge is 2.24. The zero-order valence-electron chi connectivity index (χ0n) is 31.8. The monoisotopic (exact) mass is 738 g/mol. The molecule has 0 N–H and O–H groups in total. The SMILES string of the molecule is c1ccc(-c2cc(-c3cccc4ccccc34)nc(-c3ccc(-c4cc(-c5ccccc5)c(-c5ccccc5)c(-c5ccccc5)c4-c4ccccc4)cc3)n2)cc1. The average molecular weight is 739 g/mol. The Hall–Kier alpha value is -7.68. The van der Waals surface area contributed by atoms with Crippen molar-refractivity contribution in [3.63, 3.8) is 0 Å². The first-order valence-electron chi connectivity index (χ1n) is 19.7. The molecule has 0 bridgehead atoms. The molecule has 0 atom stereocenters. The normalized spacial score (nSPS) is 11.1. The van der Waals surface area contributed by atoms with E-state index in [-0.39, 0.29) is 0 Å². The number of benzene rings is 9. The van der Waals surface area contributed by atoms with Gasteiger partial charge in [-0.1, -0.05) is 218 Å². The molecule has 0 radical (unpaired) electrons. The number of aromatic nitrogens is 2. The molecule has 2 nitrogen and oxygen atoms in total. The van der Waals surface area contributed by atoms with E-state index in [1.165, 1.54) is 49.7 Å². The smallest absolute Gasteiger partial charge is 0.160 e. The average Bonchev–Trinajstić information content (AvgIpc) is 3.32. The van der Waals surface area contributed by atoms with Gasteiger partial charge in [0.05, 0.1) is 11.4 Å². The van der Waals surface area contributed by atoms with Crippen molar-refractivity contribution in [1.29, 1.82) is 0 Å². The Morgan fingerprint density at radius 2 is 0.655 bits per heavy atom. The molecule has 58 heavy (non-hydrogen) atoms. The summed E-state index contributed by atoms with van der Waals surface area (Å²) in [5, 5.41) is 2.35. The Balaban J connectivity index is 1.20. The van der Waals surface area contributed by atoms with Gasteiger partial charge in [0.25, 0.3) is 0 Å². The van der Waals surface area contributed by atoms with E-state index in [1.807, 2.05) is 6.07 Å². The highest BCUT2D eigenvalue weighted by molar-refractivity contribution is 6.07. The fourth-order valence-corrected chi connectivity index (χ4v) is 8.18. The predicted molar refractivity (Wildman–Crippen MR) is 243 cm³/mol. The van der Waals surface area contributed by atoms with Crippen molar-refractivity contribution < 1.29 is 0 Å². The largest absolute Gasteiger partial charge is 0.228 e. The van der Waals surface area contributed by atoms with Crippen molar-refractivity contribution in [2.24, 2.45) is 0 Å². The lowest BCUT2D eigenvalue weighted by molar-refractivity contribution is 1.18. The maximum Gasteiger partial charge on any atom is 0.160 e. The van der Waals surface area contributed by atoms with Crippen molar-refractivity contribution in [1.82, 2.24) is 9.97 Å². The van der Waals surface area contributed by atoms with Crippen molar-refractivity contribution in [3.8, 4) is 89.5 Å². The molecule has 0 spiro atoms. The van der Waals surface area contributed by atoms with Gasteiger partial charge in [0.1, 0.15) is 0 Å². The molecule has 9 aromatic carbocycles. The van der Waals surface area contributed by atoms with Crippen LogP contribution in [-0.2, 0) is 0 Å². The lowest BCUT2D eigenvalue weighted by atomic mass is 9.79. The van der Waals surface area contributed by atoms with Crippen LogP contribution in [0.5, 0.6) is 0 Å².